The molecule has 0 fully saturated rings. The van der Waals surface area contributed by atoms with Crippen LogP contribution in [0.15, 0.2) is 18.2 Å². The third-order valence-corrected chi connectivity index (χ3v) is 3.96. The summed E-state index contributed by atoms with van der Waals surface area (Å²) < 4.78 is 0. The molecular formula is C13H16Cl3NO. The Kier molecular flexibility index (Phi) is 6.27. The Bertz CT molecular complexity index is 421. The average Bonchev–Trinajstić information content (AvgIpc) is 2.30. The van der Waals surface area contributed by atoms with Crippen LogP contribution in [-0.4, -0.2) is 17.8 Å². The van der Waals surface area contributed by atoms with Gasteiger partial charge in [0.2, 0.25) is 5.91 Å². The van der Waals surface area contributed by atoms with Gasteiger partial charge in [-0.1, -0.05) is 43.1 Å². The quantitative estimate of drug-likeness (QED) is 0.821. The summed E-state index contributed by atoms with van der Waals surface area (Å²) in [6, 6.07) is 5.17. The lowest BCUT2D eigenvalue weighted by Crippen LogP contribution is -2.32. The van der Waals surface area contributed by atoms with Crippen LogP contribution in [0.3, 0.4) is 0 Å². The molecule has 1 unspecified atom stereocenters. The van der Waals surface area contributed by atoms with Crippen molar-refractivity contribution in [3.63, 3.8) is 0 Å². The lowest BCUT2D eigenvalue weighted by molar-refractivity contribution is -0.120. The normalized spacial score (nSPS) is 12.6. The highest BCUT2D eigenvalue weighted by atomic mass is 35.5. The van der Waals surface area contributed by atoms with Crippen molar-refractivity contribution in [2.24, 2.45) is 5.92 Å². The number of hydrogen-bond donors (Lipinski definition) is 1. The van der Waals surface area contributed by atoms with Crippen molar-refractivity contribution in [1.82, 2.24) is 5.32 Å². The molecule has 1 rings (SSSR count). The minimum Gasteiger partial charge on any atom is -0.354 e. The maximum Gasteiger partial charge on any atom is 0.224 e. The lowest BCUT2D eigenvalue weighted by Gasteiger charge is -2.14. The fourth-order valence-electron chi connectivity index (χ4n) is 1.34. The molecular weight excluding hydrogens is 293 g/mol. The monoisotopic (exact) mass is 307 g/mol. The van der Waals surface area contributed by atoms with E-state index >= 15 is 0 Å². The van der Waals surface area contributed by atoms with E-state index in [0.29, 0.717) is 22.5 Å². The number of carbonyl (C=O) groups excluding carboxylic acids is 1. The number of amides is 1. The molecule has 0 aliphatic carbocycles. The van der Waals surface area contributed by atoms with Gasteiger partial charge in [-0.2, -0.15) is 0 Å². The molecule has 1 aromatic carbocycles. The van der Waals surface area contributed by atoms with Crippen molar-refractivity contribution in [2.75, 3.05) is 6.54 Å². The zero-order chi connectivity index (χ0) is 13.7. The Hall–Kier alpha value is -0.440. The highest BCUT2D eigenvalue weighted by molar-refractivity contribution is 6.42. The van der Waals surface area contributed by atoms with Crippen molar-refractivity contribution < 1.29 is 4.79 Å². The van der Waals surface area contributed by atoms with E-state index in [0.717, 1.165) is 5.56 Å². The van der Waals surface area contributed by atoms with Gasteiger partial charge >= 0.3 is 0 Å². The largest absolute Gasteiger partial charge is 0.354 e. The van der Waals surface area contributed by atoms with Crippen molar-refractivity contribution in [2.45, 2.75) is 25.6 Å². The minimum atomic E-state index is -0.0697. The summed E-state index contributed by atoms with van der Waals surface area (Å²) in [5, 5.41) is 3.69. The number of hydrogen-bond acceptors (Lipinski definition) is 1. The van der Waals surface area contributed by atoms with E-state index in [-0.39, 0.29) is 17.7 Å². The molecule has 0 aromatic heterocycles. The van der Waals surface area contributed by atoms with E-state index in [9.17, 15) is 4.79 Å². The summed E-state index contributed by atoms with van der Waals surface area (Å²) in [5.41, 5.74) is 0.831. The van der Waals surface area contributed by atoms with Gasteiger partial charge in [0, 0.05) is 6.54 Å². The Morgan fingerprint density at radius 1 is 1.28 bits per heavy atom. The molecule has 0 saturated carbocycles. The Balaban J connectivity index is 2.47. The van der Waals surface area contributed by atoms with E-state index in [1.54, 1.807) is 18.2 Å². The van der Waals surface area contributed by atoms with Crippen LogP contribution in [0, 0.1) is 5.92 Å². The first-order valence-corrected chi connectivity index (χ1v) is 6.94. The molecule has 1 aromatic rings. The van der Waals surface area contributed by atoms with Gasteiger partial charge in [0.1, 0.15) is 0 Å². The Morgan fingerprint density at radius 3 is 2.50 bits per heavy atom. The lowest BCUT2D eigenvalue weighted by atomic mass is 10.1. The summed E-state index contributed by atoms with van der Waals surface area (Å²) in [5.74, 6) is 0.261. The molecule has 1 amide bonds. The van der Waals surface area contributed by atoms with Gasteiger partial charge in [-0.15, -0.1) is 11.6 Å². The molecule has 0 spiro atoms. The SMILES string of the molecule is CC(C)C(Cl)CNC(=O)Cc1ccc(Cl)c(Cl)c1. The van der Waals surface area contributed by atoms with Gasteiger partial charge in [-0.3, -0.25) is 4.79 Å². The molecule has 2 nitrogen and oxygen atoms in total. The number of nitrogens with one attached hydrogen (secondary N) is 1. The first-order valence-electron chi connectivity index (χ1n) is 5.75. The highest BCUT2D eigenvalue weighted by Gasteiger charge is 2.11. The maximum absolute atomic E-state index is 11.7. The molecule has 1 N–H and O–H groups in total. The second-order valence-electron chi connectivity index (χ2n) is 4.49. The molecule has 0 bridgehead atoms. The maximum atomic E-state index is 11.7. The minimum absolute atomic E-state index is 0.0530. The van der Waals surface area contributed by atoms with Gasteiger partial charge in [0.05, 0.1) is 21.8 Å². The van der Waals surface area contributed by atoms with Crippen molar-refractivity contribution >= 4 is 40.7 Å². The van der Waals surface area contributed by atoms with Gasteiger partial charge in [0.25, 0.3) is 0 Å². The summed E-state index contributed by atoms with van der Waals surface area (Å²) in [7, 11) is 0. The third-order valence-electron chi connectivity index (χ3n) is 2.57. The van der Waals surface area contributed by atoms with Crippen LogP contribution in [0.2, 0.25) is 10.0 Å². The van der Waals surface area contributed by atoms with E-state index in [1.807, 2.05) is 13.8 Å². The van der Waals surface area contributed by atoms with Crippen molar-refractivity contribution in [3.05, 3.63) is 33.8 Å². The number of benzene rings is 1. The number of alkyl halides is 1. The van der Waals surface area contributed by atoms with Gasteiger partial charge in [-0.05, 0) is 23.6 Å². The number of rotatable bonds is 5. The molecule has 5 heteroatoms. The average molecular weight is 309 g/mol. The van der Waals surface area contributed by atoms with Crippen LogP contribution in [0.4, 0.5) is 0 Å². The molecule has 100 valence electrons. The van der Waals surface area contributed by atoms with Crippen LogP contribution >= 0.6 is 34.8 Å². The molecule has 0 heterocycles. The molecule has 1 atom stereocenters. The van der Waals surface area contributed by atoms with Crippen LogP contribution in [0.25, 0.3) is 0 Å². The molecule has 0 saturated heterocycles. The van der Waals surface area contributed by atoms with Crippen LogP contribution in [0.1, 0.15) is 19.4 Å². The van der Waals surface area contributed by atoms with Crippen LogP contribution in [-0.2, 0) is 11.2 Å². The second kappa shape index (κ2) is 7.22. The first kappa shape index (κ1) is 15.6. The van der Waals surface area contributed by atoms with Crippen LogP contribution < -0.4 is 5.32 Å². The predicted molar refractivity (Wildman–Crippen MR) is 77.7 cm³/mol. The van der Waals surface area contributed by atoms with Crippen molar-refractivity contribution in [3.8, 4) is 0 Å². The number of carbonyl (C=O) groups is 1. The molecule has 0 radical (unpaired) electrons. The smallest absolute Gasteiger partial charge is 0.224 e. The summed E-state index contributed by atoms with van der Waals surface area (Å²) >= 11 is 17.7. The first-order chi connectivity index (χ1) is 8.40. The van der Waals surface area contributed by atoms with E-state index in [2.05, 4.69) is 5.32 Å². The van der Waals surface area contributed by atoms with E-state index in [1.165, 1.54) is 0 Å². The van der Waals surface area contributed by atoms with Gasteiger partial charge in [0.15, 0.2) is 0 Å². The number of halogens is 3. The van der Waals surface area contributed by atoms with Crippen molar-refractivity contribution in [1.29, 1.82) is 0 Å². The van der Waals surface area contributed by atoms with Crippen LogP contribution in [0.5, 0.6) is 0 Å². The summed E-state index contributed by atoms with van der Waals surface area (Å²) in [4.78, 5) is 11.7. The van der Waals surface area contributed by atoms with Gasteiger partial charge in [-0.25, -0.2) is 0 Å². The second-order valence-corrected chi connectivity index (χ2v) is 5.86. The molecule has 0 aliphatic rings. The highest BCUT2D eigenvalue weighted by Crippen LogP contribution is 2.22. The zero-order valence-electron chi connectivity index (χ0n) is 10.3. The Morgan fingerprint density at radius 2 is 1.94 bits per heavy atom. The fraction of sp³-hybridized carbons (Fsp3) is 0.462. The molecule has 0 aliphatic heterocycles. The van der Waals surface area contributed by atoms with E-state index in [4.69, 9.17) is 34.8 Å². The summed E-state index contributed by atoms with van der Waals surface area (Å²) in [6.45, 7) is 4.50. The molecule has 18 heavy (non-hydrogen) atoms. The third kappa shape index (κ3) is 5.05. The standard InChI is InChI=1S/C13H16Cl3NO/c1-8(2)12(16)7-17-13(18)6-9-3-4-10(14)11(15)5-9/h3-5,8,12H,6-7H2,1-2H3,(H,17,18). The zero-order valence-corrected chi connectivity index (χ0v) is 12.6. The predicted octanol–water partition coefficient (Wildman–Crippen LogP) is 3.92. The topological polar surface area (TPSA) is 29.1 Å². The fourth-order valence-corrected chi connectivity index (χ4v) is 1.74. The van der Waals surface area contributed by atoms with E-state index < -0.39 is 0 Å². The summed E-state index contributed by atoms with van der Waals surface area (Å²) in [6.07, 6.45) is 0.276. The Labute approximate surface area is 123 Å². The van der Waals surface area contributed by atoms with Gasteiger partial charge < -0.3 is 5.32 Å².